The van der Waals surface area contributed by atoms with Crippen molar-refractivity contribution >= 4 is 0 Å². The summed E-state index contributed by atoms with van der Waals surface area (Å²) in [5.41, 5.74) is 5.72. The highest BCUT2D eigenvalue weighted by atomic mass is 16.5. The highest BCUT2D eigenvalue weighted by Gasteiger charge is 2.15. The van der Waals surface area contributed by atoms with Crippen LogP contribution in [0.2, 0.25) is 0 Å². The minimum Gasteiger partial charge on any atom is -0.385 e. The molecule has 0 fully saturated rings. The van der Waals surface area contributed by atoms with Crippen molar-refractivity contribution in [2.75, 3.05) is 13.7 Å². The highest BCUT2D eigenvalue weighted by Crippen LogP contribution is 2.16. The number of hydrogen-bond acceptors (Lipinski definition) is 3. The first-order chi connectivity index (χ1) is 8.69. The van der Waals surface area contributed by atoms with Crippen molar-refractivity contribution in [1.82, 2.24) is 5.43 Å². The predicted molar refractivity (Wildman–Crippen MR) is 76.3 cm³/mol. The normalized spacial score (nSPS) is 14.4. The van der Waals surface area contributed by atoms with Gasteiger partial charge in [0.25, 0.3) is 0 Å². The maximum atomic E-state index is 5.66. The number of rotatable bonds is 8. The van der Waals surface area contributed by atoms with Gasteiger partial charge in [0, 0.05) is 19.8 Å². The zero-order chi connectivity index (χ0) is 13.4. The van der Waals surface area contributed by atoms with Crippen LogP contribution in [-0.2, 0) is 11.2 Å². The summed E-state index contributed by atoms with van der Waals surface area (Å²) >= 11 is 0. The van der Waals surface area contributed by atoms with Crippen molar-refractivity contribution in [3.8, 4) is 0 Å². The number of ether oxygens (including phenoxy) is 1. The van der Waals surface area contributed by atoms with Crippen LogP contribution in [0, 0.1) is 12.8 Å². The molecule has 1 aromatic rings. The molecule has 1 rings (SSSR count). The lowest BCUT2D eigenvalue weighted by atomic mass is 9.92. The molecule has 0 amide bonds. The fourth-order valence-electron chi connectivity index (χ4n) is 2.24. The van der Waals surface area contributed by atoms with E-state index in [-0.39, 0.29) is 0 Å². The van der Waals surface area contributed by atoms with Crippen molar-refractivity contribution in [2.45, 2.75) is 39.2 Å². The van der Waals surface area contributed by atoms with Gasteiger partial charge in [-0.15, -0.1) is 0 Å². The Morgan fingerprint density at radius 2 is 2.00 bits per heavy atom. The molecule has 0 saturated heterocycles. The van der Waals surface area contributed by atoms with Crippen molar-refractivity contribution in [2.24, 2.45) is 11.8 Å². The second-order valence-corrected chi connectivity index (χ2v) is 5.00. The summed E-state index contributed by atoms with van der Waals surface area (Å²) < 4.78 is 5.12. The van der Waals surface area contributed by atoms with Crippen LogP contribution in [0.4, 0.5) is 0 Å². The molecule has 0 saturated carbocycles. The van der Waals surface area contributed by atoms with Gasteiger partial charge in [-0.2, -0.15) is 0 Å². The van der Waals surface area contributed by atoms with Gasteiger partial charge >= 0.3 is 0 Å². The van der Waals surface area contributed by atoms with Crippen molar-refractivity contribution in [1.29, 1.82) is 0 Å². The fourth-order valence-corrected chi connectivity index (χ4v) is 2.24. The zero-order valence-electron chi connectivity index (χ0n) is 11.8. The van der Waals surface area contributed by atoms with Gasteiger partial charge in [-0.3, -0.25) is 11.3 Å². The number of aryl methyl sites for hydroxylation is 2. The van der Waals surface area contributed by atoms with Crippen molar-refractivity contribution < 1.29 is 4.74 Å². The molecule has 2 atom stereocenters. The lowest BCUT2D eigenvalue weighted by Crippen LogP contribution is -2.40. The molecule has 102 valence electrons. The summed E-state index contributed by atoms with van der Waals surface area (Å²) in [6.07, 6.45) is 3.17. The second kappa shape index (κ2) is 8.25. The van der Waals surface area contributed by atoms with Crippen LogP contribution in [0.1, 0.15) is 30.9 Å². The summed E-state index contributed by atoms with van der Waals surface area (Å²) in [5, 5.41) is 0. The third-order valence-electron chi connectivity index (χ3n) is 3.66. The van der Waals surface area contributed by atoms with E-state index in [9.17, 15) is 0 Å². The van der Waals surface area contributed by atoms with Crippen molar-refractivity contribution in [3.63, 3.8) is 0 Å². The van der Waals surface area contributed by atoms with Crippen LogP contribution in [0.25, 0.3) is 0 Å². The number of nitrogens with one attached hydrogen (secondary N) is 1. The molecule has 18 heavy (non-hydrogen) atoms. The van der Waals surface area contributed by atoms with Gasteiger partial charge in [-0.1, -0.05) is 31.2 Å². The molecule has 0 bridgehead atoms. The molecule has 3 heteroatoms. The highest BCUT2D eigenvalue weighted by molar-refractivity contribution is 5.25. The molecule has 0 aliphatic rings. The Morgan fingerprint density at radius 3 is 2.61 bits per heavy atom. The molecule has 3 N–H and O–H groups in total. The van der Waals surface area contributed by atoms with Gasteiger partial charge in [0.1, 0.15) is 0 Å². The van der Waals surface area contributed by atoms with Crippen LogP contribution in [0.5, 0.6) is 0 Å². The Kier molecular flexibility index (Phi) is 6.94. The predicted octanol–water partition coefficient (Wildman–Crippen LogP) is 2.43. The minimum atomic E-state index is 0.347. The molecule has 0 aliphatic heterocycles. The molecule has 2 unspecified atom stereocenters. The molecular formula is C15H26N2O. The second-order valence-electron chi connectivity index (χ2n) is 5.00. The van der Waals surface area contributed by atoms with Gasteiger partial charge in [0.15, 0.2) is 0 Å². The molecule has 0 spiro atoms. The molecule has 3 nitrogen and oxygen atoms in total. The smallest absolute Gasteiger partial charge is 0.0465 e. The van der Waals surface area contributed by atoms with Gasteiger partial charge < -0.3 is 4.74 Å². The van der Waals surface area contributed by atoms with E-state index >= 15 is 0 Å². The van der Waals surface area contributed by atoms with E-state index in [1.54, 1.807) is 7.11 Å². The van der Waals surface area contributed by atoms with Gasteiger partial charge in [-0.05, 0) is 43.2 Å². The van der Waals surface area contributed by atoms with Gasteiger partial charge in [0.2, 0.25) is 0 Å². The van der Waals surface area contributed by atoms with Crippen LogP contribution < -0.4 is 11.3 Å². The van der Waals surface area contributed by atoms with E-state index in [0.29, 0.717) is 12.0 Å². The van der Waals surface area contributed by atoms with E-state index in [4.69, 9.17) is 10.6 Å². The first kappa shape index (κ1) is 15.2. The lowest BCUT2D eigenvalue weighted by Gasteiger charge is -2.23. The van der Waals surface area contributed by atoms with Gasteiger partial charge in [-0.25, -0.2) is 0 Å². The molecule has 0 aliphatic carbocycles. The fraction of sp³-hybridized carbons (Fsp3) is 0.600. The van der Waals surface area contributed by atoms with E-state index in [2.05, 4.69) is 43.5 Å². The Hall–Kier alpha value is -0.900. The average molecular weight is 250 g/mol. The van der Waals surface area contributed by atoms with Gasteiger partial charge in [0.05, 0.1) is 0 Å². The maximum absolute atomic E-state index is 5.66. The van der Waals surface area contributed by atoms with E-state index in [1.165, 1.54) is 11.1 Å². The first-order valence-electron chi connectivity index (χ1n) is 6.68. The number of hydrogen-bond donors (Lipinski definition) is 2. The quantitative estimate of drug-likeness (QED) is 0.550. The van der Waals surface area contributed by atoms with Crippen molar-refractivity contribution in [3.05, 3.63) is 35.4 Å². The van der Waals surface area contributed by atoms with E-state index in [1.807, 2.05) is 0 Å². The largest absolute Gasteiger partial charge is 0.385 e. The van der Waals surface area contributed by atoms with E-state index < -0.39 is 0 Å². The summed E-state index contributed by atoms with van der Waals surface area (Å²) in [5.74, 6) is 6.18. The molecule has 0 aromatic heterocycles. The minimum absolute atomic E-state index is 0.347. The molecular weight excluding hydrogens is 224 g/mol. The standard InChI is InChI=1S/C15H26N2O/c1-12-6-4-5-7-14(12)8-9-15(17-16)13(2)10-11-18-3/h4-7,13,15,17H,8-11,16H2,1-3H3. The van der Waals surface area contributed by atoms with Crippen LogP contribution >= 0.6 is 0 Å². The molecule has 0 radical (unpaired) electrons. The SMILES string of the molecule is COCCC(C)C(CCc1ccccc1C)NN. The molecule has 1 aromatic carbocycles. The third-order valence-corrected chi connectivity index (χ3v) is 3.66. The Bertz CT molecular complexity index is 341. The van der Waals surface area contributed by atoms with Crippen LogP contribution in [-0.4, -0.2) is 19.8 Å². The summed E-state index contributed by atoms with van der Waals surface area (Å²) in [7, 11) is 1.74. The maximum Gasteiger partial charge on any atom is 0.0465 e. The van der Waals surface area contributed by atoms with Crippen LogP contribution in [0.3, 0.4) is 0 Å². The topological polar surface area (TPSA) is 47.3 Å². The Balaban J connectivity index is 2.46. The Morgan fingerprint density at radius 1 is 1.28 bits per heavy atom. The number of methoxy groups -OCH3 is 1. The lowest BCUT2D eigenvalue weighted by molar-refractivity contribution is 0.168. The Labute approximate surface area is 111 Å². The van der Waals surface area contributed by atoms with E-state index in [0.717, 1.165) is 25.9 Å². The average Bonchev–Trinajstić information content (AvgIpc) is 2.39. The number of nitrogens with two attached hydrogens (primary N) is 1. The molecule has 0 heterocycles. The monoisotopic (exact) mass is 250 g/mol. The first-order valence-corrected chi connectivity index (χ1v) is 6.68. The number of benzene rings is 1. The third kappa shape index (κ3) is 4.77. The zero-order valence-corrected chi connectivity index (χ0v) is 11.8. The van der Waals surface area contributed by atoms with Crippen LogP contribution in [0.15, 0.2) is 24.3 Å². The summed E-state index contributed by atoms with van der Waals surface area (Å²) in [4.78, 5) is 0. The summed E-state index contributed by atoms with van der Waals surface area (Å²) in [6.45, 7) is 5.18. The number of hydrazine groups is 1. The summed E-state index contributed by atoms with van der Waals surface area (Å²) in [6, 6.07) is 8.89.